The van der Waals surface area contributed by atoms with Crippen LogP contribution in [0.3, 0.4) is 0 Å². The highest BCUT2D eigenvalue weighted by atomic mass is 35.5. The minimum atomic E-state index is 0.464. The van der Waals surface area contributed by atoms with Crippen LogP contribution in [0.5, 0.6) is 0 Å². The Balaban J connectivity index is 2.86. The third-order valence-electron chi connectivity index (χ3n) is 3.28. The van der Waals surface area contributed by atoms with E-state index < -0.39 is 0 Å². The average molecular weight is 274 g/mol. The Hall–Kier alpha value is -0.0500. The second kappa shape index (κ2) is 7.40. The van der Waals surface area contributed by atoms with Gasteiger partial charge in [0.05, 0.1) is 4.34 Å². The van der Waals surface area contributed by atoms with Crippen molar-refractivity contribution < 1.29 is 0 Å². The molecule has 0 saturated heterocycles. The molecule has 0 aliphatic carbocycles. The Morgan fingerprint density at radius 3 is 2.24 bits per heavy atom. The standard InChI is InChI=1S/C14H24ClNS/c1-5-7-11(8-6-2)13(16-4)12-9-10(3)14(15)17-12/h9,11,13,16H,5-8H2,1-4H3. The summed E-state index contributed by atoms with van der Waals surface area (Å²) in [7, 11) is 2.06. The Morgan fingerprint density at radius 1 is 1.29 bits per heavy atom. The van der Waals surface area contributed by atoms with Crippen molar-refractivity contribution in [3.05, 3.63) is 20.8 Å². The molecule has 1 aromatic heterocycles. The summed E-state index contributed by atoms with van der Waals surface area (Å²) in [5.41, 5.74) is 1.21. The molecule has 0 fully saturated rings. The maximum absolute atomic E-state index is 6.18. The zero-order valence-electron chi connectivity index (χ0n) is 11.3. The van der Waals surface area contributed by atoms with Gasteiger partial charge >= 0.3 is 0 Å². The van der Waals surface area contributed by atoms with Crippen molar-refractivity contribution in [1.82, 2.24) is 5.32 Å². The number of thiophene rings is 1. The van der Waals surface area contributed by atoms with Gasteiger partial charge in [-0.15, -0.1) is 11.3 Å². The van der Waals surface area contributed by atoms with Crippen LogP contribution in [0, 0.1) is 12.8 Å². The third kappa shape index (κ3) is 3.97. The zero-order chi connectivity index (χ0) is 12.8. The molecule has 0 bridgehead atoms. The molecule has 0 spiro atoms. The molecule has 0 aliphatic heterocycles. The molecule has 1 aromatic rings. The predicted octanol–water partition coefficient (Wildman–Crippen LogP) is 5.19. The Bertz CT molecular complexity index is 309. The van der Waals surface area contributed by atoms with Crippen LogP contribution < -0.4 is 5.32 Å². The molecule has 0 amide bonds. The minimum Gasteiger partial charge on any atom is -0.312 e. The fraction of sp³-hybridized carbons (Fsp3) is 0.714. The summed E-state index contributed by atoms with van der Waals surface area (Å²) in [6.07, 6.45) is 5.07. The lowest BCUT2D eigenvalue weighted by atomic mass is 9.89. The molecule has 1 rings (SSSR count). The van der Waals surface area contributed by atoms with Crippen LogP contribution in [0.25, 0.3) is 0 Å². The smallest absolute Gasteiger partial charge is 0.0960 e. The monoisotopic (exact) mass is 273 g/mol. The highest BCUT2D eigenvalue weighted by Crippen LogP contribution is 2.37. The summed E-state index contributed by atoms with van der Waals surface area (Å²) < 4.78 is 0.937. The molecule has 0 saturated carbocycles. The van der Waals surface area contributed by atoms with E-state index in [0.29, 0.717) is 6.04 Å². The number of hydrogen-bond donors (Lipinski definition) is 1. The molecule has 98 valence electrons. The average Bonchev–Trinajstić information content (AvgIpc) is 2.61. The first kappa shape index (κ1) is 15.0. The molecule has 0 aromatic carbocycles. The van der Waals surface area contributed by atoms with Crippen LogP contribution in [0.4, 0.5) is 0 Å². The summed E-state index contributed by atoms with van der Waals surface area (Å²) in [6.45, 7) is 6.62. The molecular weight excluding hydrogens is 250 g/mol. The zero-order valence-corrected chi connectivity index (χ0v) is 12.9. The van der Waals surface area contributed by atoms with Gasteiger partial charge in [-0.2, -0.15) is 0 Å². The van der Waals surface area contributed by atoms with Gasteiger partial charge in [0, 0.05) is 10.9 Å². The van der Waals surface area contributed by atoms with Gasteiger partial charge < -0.3 is 5.32 Å². The van der Waals surface area contributed by atoms with Crippen molar-refractivity contribution in [2.24, 2.45) is 5.92 Å². The Morgan fingerprint density at radius 2 is 1.88 bits per heavy atom. The van der Waals surface area contributed by atoms with Gasteiger partial charge in [0.1, 0.15) is 0 Å². The van der Waals surface area contributed by atoms with E-state index >= 15 is 0 Å². The molecule has 1 atom stereocenters. The lowest BCUT2D eigenvalue weighted by molar-refractivity contribution is 0.335. The number of aryl methyl sites for hydroxylation is 1. The topological polar surface area (TPSA) is 12.0 Å². The molecule has 1 nitrogen and oxygen atoms in total. The quantitative estimate of drug-likeness (QED) is 0.721. The van der Waals surface area contributed by atoms with E-state index in [1.807, 2.05) is 0 Å². The molecule has 0 radical (unpaired) electrons. The van der Waals surface area contributed by atoms with Crippen molar-refractivity contribution in [2.45, 2.75) is 52.5 Å². The highest BCUT2D eigenvalue weighted by Gasteiger charge is 2.22. The van der Waals surface area contributed by atoms with E-state index in [2.05, 4.69) is 39.2 Å². The van der Waals surface area contributed by atoms with Crippen molar-refractivity contribution in [2.75, 3.05) is 7.05 Å². The lowest BCUT2D eigenvalue weighted by Gasteiger charge is -2.25. The number of halogens is 1. The predicted molar refractivity (Wildman–Crippen MR) is 79.2 cm³/mol. The first-order chi connectivity index (χ1) is 8.13. The van der Waals surface area contributed by atoms with Crippen molar-refractivity contribution in [3.8, 4) is 0 Å². The minimum absolute atomic E-state index is 0.464. The van der Waals surface area contributed by atoms with Crippen LogP contribution in [-0.2, 0) is 0 Å². The largest absolute Gasteiger partial charge is 0.312 e. The summed E-state index contributed by atoms with van der Waals surface area (Å²) >= 11 is 7.91. The first-order valence-corrected chi connectivity index (χ1v) is 7.76. The second-order valence-electron chi connectivity index (χ2n) is 4.71. The number of nitrogens with one attached hydrogen (secondary N) is 1. The van der Waals surface area contributed by atoms with Crippen molar-refractivity contribution in [1.29, 1.82) is 0 Å². The van der Waals surface area contributed by atoms with Gasteiger partial charge in [0.2, 0.25) is 0 Å². The summed E-state index contributed by atoms with van der Waals surface area (Å²) in [5, 5.41) is 3.48. The van der Waals surface area contributed by atoms with Crippen LogP contribution in [0.1, 0.15) is 56.0 Å². The van der Waals surface area contributed by atoms with Crippen LogP contribution in [0.15, 0.2) is 6.07 Å². The van der Waals surface area contributed by atoms with E-state index in [1.54, 1.807) is 11.3 Å². The van der Waals surface area contributed by atoms with E-state index in [4.69, 9.17) is 11.6 Å². The van der Waals surface area contributed by atoms with Crippen LogP contribution in [0.2, 0.25) is 4.34 Å². The maximum Gasteiger partial charge on any atom is 0.0960 e. The van der Waals surface area contributed by atoms with Crippen LogP contribution >= 0.6 is 22.9 Å². The SMILES string of the molecule is CCCC(CCC)C(NC)c1cc(C)c(Cl)s1. The maximum atomic E-state index is 6.18. The summed E-state index contributed by atoms with van der Waals surface area (Å²) in [5.74, 6) is 0.726. The summed E-state index contributed by atoms with van der Waals surface area (Å²) in [6, 6.07) is 2.71. The van der Waals surface area contributed by atoms with Gasteiger partial charge in [-0.25, -0.2) is 0 Å². The van der Waals surface area contributed by atoms with Crippen molar-refractivity contribution in [3.63, 3.8) is 0 Å². The lowest BCUT2D eigenvalue weighted by Crippen LogP contribution is -2.24. The van der Waals surface area contributed by atoms with E-state index in [1.165, 1.54) is 36.1 Å². The number of rotatable bonds is 7. The third-order valence-corrected chi connectivity index (χ3v) is 4.92. The van der Waals surface area contributed by atoms with Gasteiger partial charge in [-0.1, -0.05) is 38.3 Å². The van der Waals surface area contributed by atoms with Gasteiger partial charge in [-0.05, 0) is 44.4 Å². The molecule has 3 heteroatoms. The highest BCUT2D eigenvalue weighted by molar-refractivity contribution is 7.16. The van der Waals surface area contributed by atoms with Gasteiger partial charge in [-0.3, -0.25) is 0 Å². The fourth-order valence-electron chi connectivity index (χ4n) is 2.47. The molecule has 1 heterocycles. The number of hydrogen-bond acceptors (Lipinski definition) is 2. The van der Waals surface area contributed by atoms with E-state index in [-0.39, 0.29) is 0 Å². The van der Waals surface area contributed by atoms with Crippen LogP contribution in [-0.4, -0.2) is 7.05 Å². The Kier molecular flexibility index (Phi) is 6.53. The Labute approximate surface area is 115 Å². The van der Waals surface area contributed by atoms with Gasteiger partial charge in [0.25, 0.3) is 0 Å². The van der Waals surface area contributed by atoms with Crippen molar-refractivity contribution >= 4 is 22.9 Å². The molecule has 17 heavy (non-hydrogen) atoms. The first-order valence-electron chi connectivity index (χ1n) is 6.57. The molecule has 1 unspecified atom stereocenters. The van der Waals surface area contributed by atoms with Gasteiger partial charge in [0.15, 0.2) is 0 Å². The fourth-order valence-corrected chi connectivity index (χ4v) is 3.89. The second-order valence-corrected chi connectivity index (χ2v) is 6.40. The molecule has 0 aliphatic rings. The molecular formula is C14H24ClNS. The van der Waals surface area contributed by atoms with E-state index in [0.717, 1.165) is 10.3 Å². The van der Waals surface area contributed by atoms with E-state index in [9.17, 15) is 0 Å². The summed E-state index contributed by atoms with van der Waals surface area (Å²) in [4.78, 5) is 1.39. The molecule has 1 N–H and O–H groups in total. The normalized spacial score (nSPS) is 13.3.